The van der Waals surface area contributed by atoms with Crippen molar-refractivity contribution < 1.29 is 4.52 Å². The minimum atomic E-state index is 0. The number of aryl methyl sites for hydroxylation is 2. The zero-order valence-electron chi connectivity index (χ0n) is 13.8. The van der Waals surface area contributed by atoms with Crippen molar-refractivity contribution in [2.75, 3.05) is 19.6 Å². The number of halogens is 1. The van der Waals surface area contributed by atoms with Crippen molar-refractivity contribution in [2.24, 2.45) is 0 Å². The van der Waals surface area contributed by atoms with Gasteiger partial charge in [0.2, 0.25) is 5.89 Å². The number of piperazine rings is 1. The molecular formula is C17H25ClN4O. The average molecular weight is 337 g/mol. The molecule has 0 amide bonds. The van der Waals surface area contributed by atoms with E-state index in [0.29, 0.717) is 11.9 Å². The Morgan fingerprint density at radius 3 is 2.65 bits per heavy atom. The summed E-state index contributed by atoms with van der Waals surface area (Å²) in [6, 6.07) is 9.31. The third kappa shape index (κ3) is 4.31. The number of rotatable bonds is 5. The van der Waals surface area contributed by atoms with Gasteiger partial charge in [-0.2, -0.15) is 4.98 Å². The monoisotopic (exact) mass is 336 g/mol. The molecule has 1 fully saturated rings. The fourth-order valence-corrected chi connectivity index (χ4v) is 2.92. The molecule has 1 aromatic carbocycles. The van der Waals surface area contributed by atoms with Crippen LogP contribution in [-0.2, 0) is 19.4 Å². The van der Waals surface area contributed by atoms with E-state index in [9.17, 15) is 0 Å². The molecular weight excluding hydrogens is 312 g/mol. The van der Waals surface area contributed by atoms with Gasteiger partial charge in [-0.05, 0) is 17.5 Å². The summed E-state index contributed by atoms with van der Waals surface area (Å²) < 4.78 is 5.22. The van der Waals surface area contributed by atoms with E-state index in [1.165, 1.54) is 11.1 Å². The molecule has 1 N–H and O–H groups in total. The second-order valence-electron chi connectivity index (χ2n) is 5.74. The maximum Gasteiger partial charge on any atom is 0.226 e. The van der Waals surface area contributed by atoms with E-state index in [0.717, 1.165) is 44.8 Å². The van der Waals surface area contributed by atoms with Gasteiger partial charge in [-0.25, -0.2) is 0 Å². The Kier molecular flexibility index (Phi) is 6.57. The smallest absolute Gasteiger partial charge is 0.226 e. The van der Waals surface area contributed by atoms with E-state index in [-0.39, 0.29) is 12.4 Å². The molecule has 6 heteroatoms. The first-order valence-electron chi connectivity index (χ1n) is 8.15. The zero-order valence-corrected chi connectivity index (χ0v) is 14.6. The minimum Gasteiger partial charge on any atom is -0.339 e. The minimum absolute atomic E-state index is 0. The van der Waals surface area contributed by atoms with Crippen LogP contribution >= 0.6 is 12.4 Å². The van der Waals surface area contributed by atoms with Gasteiger partial charge in [0.1, 0.15) is 0 Å². The van der Waals surface area contributed by atoms with Gasteiger partial charge in [0, 0.05) is 32.1 Å². The highest BCUT2D eigenvalue weighted by Crippen LogP contribution is 2.24. The highest BCUT2D eigenvalue weighted by atomic mass is 35.5. The van der Waals surface area contributed by atoms with Crippen molar-refractivity contribution in [3.05, 3.63) is 47.1 Å². The van der Waals surface area contributed by atoms with Gasteiger partial charge in [-0.15, -0.1) is 12.4 Å². The lowest BCUT2D eigenvalue weighted by molar-refractivity contribution is 0.148. The molecule has 23 heavy (non-hydrogen) atoms. The quantitative estimate of drug-likeness (QED) is 0.910. The Morgan fingerprint density at radius 2 is 2.00 bits per heavy atom. The van der Waals surface area contributed by atoms with Crippen molar-refractivity contribution in [2.45, 2.75) is 39.3 Å². The molecule has 2 aromatic rings. The number of hydrogen-bond acceptors (Lipinski definition) is 5. The summed E-state index contributed by atoms with van der Waals surface area (Å²) in [4.78, 5) is 6.87. The number of nitrogens with zero attached hydrogens (tertiary/aromatic N) is 3. The SMILES string of the molecule is CCc1ccc(C2CNCCN2Cc2noc(CC)n2)cc1.Cl. The molecule has 1 atom stereocenters. The Morgan fingerprint density at radius 1 is 1.22 bits per heavy atom. The maximum absolute atomic E-state index is 5.22. The van der Waals surface area contributed by atoms with Gasteiger partial charge >= 0.3 is 0 Å². The Bertz CT molecular complexity index is 599. The molecule has 1 aromatic heterocycles. The predicted molar refractivity (Wildman–Crippen MR) is 92.8 cm³/mol. The number of nitrogens with one attached hydrogen (secondary N) is 1. The van der Waals surface area contributed by atoms with E-state index in [1.807, 2.05) is 6.92 Å². The van der Waals surface area contributed by atoms with Gasteiger partial charge in [-0.1, -0.05) is 43.3 Å². The number of hydrogen-bond donors (Lipinski definition) is 1. The Labute approximate surface area is 143 Å². The van der Waals surface area contributed by atoms with Crippen LogP contribution in [0.1, 0.15) is 42.7 Å². The summed E-state index contributed by atoms with van der Waals surface area (Å²) in [5, 5.41) is 7.58. The van der Waals surface area contributed by atoms with Crippen LogP contribution in [0.4, 0.5) is 0 Å². The summed E-state index contributed by atoms with van der Waals surface area (Å²) in [5.74, 6) is 1.50. The third-order valence-electron chi connectivity index (χ3n) is 4.28. The highest BCUT2D eigenvalue weighted by Gasteiger charge is 2.25. The van der Waals surface area contributed by atoms with Crippen LogP contribution in [0.5, 0.6) is 0 Å². The van der Waals surface area contributed by atoms with Crippen molar-refractivity contribution in [1.82, 2.24) is 20.4 Å². The van der Waals surface area contributed by atoms with Crippen LogP contribution in [0.25, 0.3) is 0 Å². The van der Waals surface area contributed by atoms with Crippen LogP contribution in [0.15, 0.2) is 28.8 Å². The molecule has 0 spiro atoms. The maximum atomic E-state index is 5.22. The topological polar surface area (TPSA) is 54.2 Å². The van der Waals surface area contributed by atoms with Crippen LogP contribution in [-0.4, -0.2) is 34.7 Å². The molecule has 3 rings (SSSR count). The van der Waals surface area contributed by atoms with Gasteiger partial charge < -0.3 is 9.84 Å². The molecule has 1 saturated heterocycles. The normalized spacial score (nSPS) is 18.6. The van der Waals surface area contributed by atoms with Crippen LogP contribution in [0, 0.1) is 0 Å². The van der Waals surface area contributed by atoms with Gasteiger partial charge in [0.25, 0.3) is 0 Å². The van der Waals surface area contributed by atoms with E-state index < -0.39 is 0 Å². The van der Waals surface area contributed by atoms with Crippen molar-refractivity contribution in [3.8, 4) is 0 Å². The fourth-order valence-electron chi connectivity index (χ4n) is 2.92. The van der Waals surface area contributed by atoms with Crippen LogP contribution in [0.3, 0.4) is 0 Å². The first-order chi connectivity index (χ1) is 10.8. The second kappa shape index (κ2) is 8.43. The van der Waals surface area contributed by atoms with Crippen LogP contribution < -0.4 is 5.32 Å². The lowest BCUT2D eigenvalue weighted by Gasteiger charge is -2.35. The van der Waals surface area contributed by atoms with E-state index in [2.05, 4.69) is 51.5 Å². The largest absolute Gasteiger partial charge is 0.339 e. The molecule has 0 saturated carbocycles. The fraction of sp³-hybridized carbons (Fsp3) is 0.529. The molecule has 1 aliphatic heterocycles. The average Bonchev–Trinajstić information content (AvgIpc) is 3.03. The summed E-state index contributed by atoms with van der Waals surface area (Å²) in [6.45, 7) is 7.92. The highest BCUT2D eigenvalue weighted by molar-refractivity contribution is 5.85. The lowest BCUT2D eigenvalue weighted by atomic mass is 10.0. The molecule has 0 bridgehead atoms. The van der Waals surface area contributed by atoms with Gasteiger partial charge in [0.15, 0.2) is 5.82 Å². The summed E-state index contributed by atoms with van der Waals surface area (Å²) in [6.07, 6.45) is 1.87. The van der Waals surface area contributed by atoms with E-state index >= 15 is 0 Å². The summed E-state index contributed by atoms with van der Waals surface area (Å²) >= 11 is 0. The van der Waals surface area contributed by atoms with E-state index in [1.54, 1.807) is 0 Å². The predicted octanol–water partition coefficient (Wildman–Crippen LogP) is 2.76. The van der Waals surface area contributed by atoms with Crippen molar-refractivity contribution >= 4 is 12.4 Å². The molecule has 126 valence electrons. The van der Waals surface area contributed by atoms with E-state index in [4.69, 9.17) is 4.52 Å². The summed E-state index contributed by atoms with van der Waals surface area (Å²) in [5.41, 5.74) is 2.73. The Hall–Kier alpha value is -1.43. The molecule has 5 nitrogen and oxygen atoms in total. The number of benzene rings is 1. The van der Waals surface area contributed by atoms with Crippen LogP contribution in [0.2, 0.25) is 0 Å². The molecule has 2 heterocycles. The second-order valence-corrected chi connectivity index (χ2v) is 5.74. The Balaban J connectivity index is 0.00000192. The van der Waals surface area contributed by atoms with Gasteiger partial charge in [0.05, 0.1) is 6.54 Å². The lowest BCUT2D eigenvalue weighted by Crippen LogP contribution is -2.45. The molecule has 1 unspecified atom stereocenters. The standard InChI is InChI=1S/C17H24N4O.ClH/c1-3-13-5-7-14(8-6-13)15-11-18-9-10-21(15)12-16-19-17(4-2)22-20-16;/h5-8,15,18H,3-4,9-12H2,1-2H3;1H. The number of aromatic nitrogens is 2. The first-order valence-corrected chi connectivity index (χ1v) is 8.15. The summed E-state index contributed by atoms with van der Waals surface area (Å²) in [7, 11) is 0. The molecule has 0 aliphatic carbocycles. The third-order valence-corrected chi connectivity index (χ3v) is 4.28. The molecule has 1 aliphatic rings. The van der Waals surface area contributed by atoms with Gasteiger partial charge in [-0.3, -0.25) is 4.90 Å². The zero-order chi connectivity index (χ0) is 15.4. The van der Waals surface area contributed by atoms with Crippen molar-refractivity contribution in [1.29, 1.82) is 0 Å². The first kappa shape index (κ1) is 17.9. The van der Waals surface area contributed by atoms with Crippen molar-refractivity contribution in [3.63, 3.8) is 0 Å². The molecule has 0 radical (unpaired) electrons.